The summed E-state index contributed by atoms with van der Waals surface area (Å²) in [6.45, 7) is 3.05. The highest BCUT2D eigenvalue weighted by Crippen LogP contribution is 2.66. The van der Waals surface area contributed by atoms with E-state index < -0.39 is 28.9 Å². The van der Waals surface area contributed by atoms with E-state index in [9.17, 15) is 0 Å². The summed E-state index contributed by atoms with van der Waals surface area (Å²) in [5.74, 6) is -15.8. The topological polar surface area (TPSA) is 0 Å². The summed E-state index contributed by atoms with van der Waals surface area (Å²) in [5.41, 5.74) is 7.20. The lowest BCUT2D eigenvalue weighted by atomic mass is 9.94. The first-order valence-electron chi connectivity index (χ1n) is 15.9. The van der Waals surface area contributed by atoms with E-state index in [0.29, 0.717) is 22.6 Å². The van der Waals surface area contributed by atoms with Crippen LogP contribution < -0.4 is 0 Å². The minimum atomic E-state index is -5.62. The first-order valence-corrected chi connectivity index (χ1v) is 17.5. The van der Waals surface area contributed by atoms with E-state index in [1.807, 2.05) is 72.8 Å². The summed E-state index contributed by atoms with van der Waals surface area (Å²) in [6.07, 6.45) is 1.42. The van der Waals surface area contributed by atoms with Crippen molar-refractivity contribution in [2.45, 2.75) is 44.5 Å². The molecule has 0 spiro atoms. The third kappa shape index (κ3) is 4.23. The molecule has 0 aliphatic heterocycles. The summed E-state index contributed by atoms with van der Waals surface area (Å²) < 4.78 is 94.2. The van der Waals surface area contributed by atoms with Crippen LogP contribution in [-0.4, -0.2) is 17.8 Å². The van der Waals surface area contributed by atoms with E-state index in [1.54, 1.807) is 0 Å². The molecular formula is C41H26F6S2. The number of fused-ring (bicyclic) bond motifs is 6. The highest BCUT2D eigenvalue weighted by atomic mass is 32.1. The molecule has 0 radical (unpaired) electrons. The van der Waals surface area contributed by atoms with Crippen LogP contribution >= 0.6 is 22.7 Å². The third-order valence-corrected chi connectivity index (χ3v) is 12.4. The van der Waals surface area contributed by atoms with Gasteiger partial charge in [-0.1, -0.05) is 72.8 Å². The molecule has 49 heavy (non-hydrogen) atoms. The minimum absolute atomic E-state index is 0.269. The molecule has 2 aromatic heterocycles. The van der Waals surface area contributed by atoms with Crippen LogP contribution in [0.3, 0.4) is 0 Å². The van der Waals surface area contributed by atoms with Crippen molar-refractivity contribution in [3.05, 3.63) is 140 Å². The van der Waals surface area contributed by atoms with E-state index in [0.717, 1.165) is 67.2 Å². The predicted molar refractivity (Wildman–Crippen MR) is 187 cm³/mol. The van der Waals surface area contributed by atoms with E-state index in [1.165, 1.54) is 37.1 Å². The van der Waals surface area contributed by atoms with Gasteiger partial charge in [0.05, 0.1) is 0 Å². The maximum atomic E-state index is 15.9. The Hall–Kier alpha value is -4.40. The van der Waals surface area contributed by atoms with Crippen LogP contribution in [0.15, 0.2) is 97.1 Å². The number of hydrogen-bond donors (Lipinski definition) is 0. The first-order chi connectivity index (χ1) is 23.4. The molecule has 0 nitrogen and oxygen atoms in total. The van der Waals surface area contributed by atoms with Gasteiger partial charge in [0.1, 0.15) is 0 Å². The predicted octanol–water partition coefficient (Wildman–Crippen LogP) is 12.7. The van der Waals surface area contributed by atoms with Crippen molar-refractivity contribution in [3.63, 3.8) is 0 Å². The van der Waals surface area contributed by atoms with Gasteiger partial charge in [0.2, 0.25) is 0 Å². The fourth-order valence-electron chi connectivity index (χ4n) is 7.77. The van der Waals surface area contributed by atoms with E-state index in [4.69, 9.17) is 0 Å². The Morgan fingerprint density at radius 2 is 0.837 bits per heavy atom. The van der Waals surface area contributed by atoms with Crippen LogP contribution in [0.4, 0.5) is 26.3 Å². The highest BCUT2D eigenvalue weighted by Gasteiger charge is 2.80. The van der Waals surface area contributed by atoms with Gasteiger partial charge >= 0.3 is 17.8 Å². The zero-order valence-electron chi connectivity index (χ0n) is 26.2. The summed E-state index contributed by atoms with van der Waals surface area (Å²) in [6, 6.07) is 30.5. The molecular weight excluding hydrogens is 671 g/mol. The molecule has 9 rings (SSSR count). The normalized spacial score (nSPS) is 17.6. The average molecular weight is 697 g/mol. The number of thiophene rings is 2. The quantitative estimate of drug-likeness (QED) is 0.161. The van der Waals surface area contributed by atoms with Crippen molar-refractivity contribution >= 4 is 33.8 Å². The van der Waals surface area contributed by atoms with E-state index in [2.05, 4.69) is 12.1 Å². The molecule has 0 atom stereocenters. The SMILES string of the molecule is Cc1sc(-c2ccc3c(c2)Cc2ccccc2-3)cc1C1=C(c2cc(-c3ccc4c(c3)Cc3ccccc3-4)sc2C)C(F)(F)C(F)(F)C1(F)F. The lowest BCUT2D eigenvalue weighted by Crippen LogP contribution is -2.48. The van der Waals surface area contributed by atoms with Crippen LogP contribution in [-0.2, 0) is 12.8 Å². The molecule has 0 saturated carbocycles. The van der Waals surface area contributed by atoms with Gasteiger partial charge in [-0.05, 0) is 118 Å². The summed E-state index contributed by atoms with van der Waals surface area (Å²) in [7, 11) is 0. The van der Waals surface area contributed by atoms with Gasteiger partial charge in [0.25, 0.3) is 0 Å². The fourth-order valence-corrected chi connectivity index (χ4v) is 9.82. The minimum Gasteiger partial charge on any atom is -0.194 e. The monoisotopic (exact) mass is 696 g/mol. The van der Waals surface area contributed by atoms with Gasteiger partial charge in [0.15, 0.2) is 0 Å². The third-order valence-electron chi connectivity index (χ3n) is 10.2. The van der Waals surface area contributed by atoms with Crippen LogP contribution in [0.25, 0.3) is 54.3 Å². The zero-order chi connectivity index (χ0) is 34.0. The smallest absolute Gasteiger partial charge is 0.194 e. The number of hydrogen-bond acceptors (Lipinski definition) is 2. The fraction of sp³-hybridized carbons (Fsp3) is 0.171. The van der Waals surface area contributed by atoms with Gasteiger partial charge in [-0.15, -0.1) is 22.7 Å². The van der Waals surface area contributed by atoms with Crippen LogP contribution in [0.2, 0.25) is 0 Å². The Kier molecular flexibility index (Phi) is 6.45. The van der Waals surface area contributed by atoms with Crippen molar-refractivity contribution in [2.75, 3.05) is 0 Å². The van der Waals surface area contributed by atoms with Crippen LogP contribution in [0.5, 0.6) is 0 Å². The van der Waals surface area contributed by atoms with Crippen molar-refractivity contribution < 1.29 is 26.3 Å². The van der Waals surface area contributed by atoms with Gasteiger partial charge < -0.3 is 0 Å². The molecule has 0 fully saturated rings. The average Bonchev–Trinajstić information content (AvgIpc) is 3.86. The van der Waals surface area contributed by atoms with Gasteiger partial charge in [-0.2, -0.15) is 26.3 Å². The Bertz CT molecular complexity index is 2240. The van der Waals surface area contributed by atoms with Crippen molar-refractivity contribution in [1.82, 2.24) is 0 Å². The number of halogens is 6. The number of aryl methyl sites for hydroxylation is 2. The van der Waals surface area contributed by atoms with E-state index in [-0.39, 0.29) is 20.9 Å². The molecule has 0 amide bonds. The Labute approximate surface area is 287 Å². The maximum Gasteiger partial charge on any atom is 0.380 e. The molecule has 3 aliphatic carbocycles. The lowest BCUT2D eigenvalue weighted by molar-refractivity contribution is -0.254. The molecule has 8 heteroatoms. The second-order valence-electron chi connectivity index (χ2n) is 13.0. The van der Waals surface area contributed by atoms with Crippen molar-refractivity contribution in [2.24, 2.45) is 0 Å². The Morgan fingerprint density at radius 1 is 0.449 bits per heavy atom. The molecule has 4 aromatic carbocycles. The van der Waals surface area contributed by atoms with Crippen molar-refractivity contribution in [1.29, 1.82) is 0 Å². The van der Waals surface area contributed by atoms with Crippen LogP contribution in [0, 0.1) is 13.8 Å². The Morgan fingerprint density at radius 3 is 1.27 bits per heavy atom. The van der Waals surface area contributed by atoms with Crippen LogP contribution in [0.1, 0.15) is 43.1 Å². The van der Waals surface area contributed by atoms with Gasteiger partial charge in [-0.25, -0.2) is 0 Å². The second kappa shape index (κ2) is 10.3. The summed E-state index contributed by atoms with van der Waals surface area (Å²) in [5, 5.41) is 0. The largest absolute Gasteiger partial charge is 0.380 e. The van der Waals surface area contributed by atoms with Gasteiger partial charge in [-0.3, -0.25) is 0 Å². The molecule has 0 saturated heterocycles. The Balaban J connectivity index is 1.16. The maximum absolute atomic E-state index is 15.9. The molecule has 3 aliphatic rings. The number of benzene rings is 4. The summed E-state index contributed by atoms with van der Waals surface area (Å²) >= 11 is 2.28. The molecule has 244 valence electrons. The second-order valence-corrected chi connectivity index (χ2v) is 15.6. The number of rotatable bonds is 4. The molecule has 6 aromatic rings. The van der Waals surface area contributed by atoms with E-state index >= 15 is 26.3 Å². The molecule has 0 unspecified atom stereocenters. The first kappa shape index (κ1) is 30.6. The molecule has 0 N–H and O–H groups in total. The van der Waals surface area contributed by atoms with Crippen molar-refractivity contribution in [3.8, 4) is 43.1 Å². The molecule has 0 bridgehead atoms. The molecule has 2 heterocycles. The highest BCUT2D eigenvalue weighted by molar-refractivity contribution is 7.16. The lowest BCUT2D eigenvalue weighted by Gasteiger charge is -2.25. The standard InChI is InChI=1S/C41H26F6S2/c1-21-33(19-35(48-21)25-11-13-31-27(17-25)15-23-7-3-5-9-29(23)31)37-38(40(44,45)41(46,47)39(37,42)43)34-20-36(49-22(34)2)26-12-14-32-28(18-26)16-24-8-4-6-10-30(24)32/h3-14,17-20H,15-16H2,1-2H3. The summed E-state index contributed by atoms with van der Waals surface area (Å²) in [4.78, 5) is 1.64. The van der Waals surface area contributed by atoms with Gasteiger partial charge in [0, 0.05) is 30.7 Å². The number of allylic oxidation sites excluding steroid dienone is 2. The zero-order valence-corrected chi connectivity index (χ0v) is 27.9. The number of alkyl halides is 6.